The minimum atomic E-state index is 0.650. The predicted octanol–water partition coefficient (Wildman–Crippen LogP) is 4.20. The molecular weight excluding hydrogens is 264 g/mol. The Hall–Kier alpha value is -2.36. The SMILES string of the molecule is CCCOc1cc(Nc2cccc(OCC)c2)ccc1N. The molecule has 112 valence electrons. The van der Waals surface area contributed by atoms with Crippen molar-refractivity contribution in [3.05, 3.63) is 42.5 Å². The van der Waals surface area contributed by atoms with Gasteiger partial charge in [0.25, 0.3) is 0 Å². The molecule has 0 unspecified atom stereocenters. The van der Waals surface area contributed by atoms with Crippen molar-refractivity contribution in [2.45, 2.75) is 20.3 Å². The van der Waals surface area contributed by atoms with Crippen LogP contribution in [0, 0.1) is 0 Å². The van der Waals surface area contributed by atoms with Crippen molar-refractivity contribution in [1.82, 2.24) is 0 Å². The minimum absolute atomic E-state index is 0.650. The summed E-state index contributed by atoms with van der Waals surface area (Å²) in [7, 11) is 0. The normalized spacial score (nSPS) is 10.2. The number of hydrogen-bond donors (Lipinski definition) is 2. The summed E-state index contributed by atoms with van der Waals surface area (Å²) in [4.78, 5) is 0. The maximum atomic E-state index is 5.91. The Morgan fingerprint density at radius 3 is 2.57 bits per heavy atom. The molecule has 2 aromatic rings. The molecule has 0 aliphatic heterocycles. The van der Waals surface area contributed by atoms with Crippen LogP contribution in [0.3, 0.4) is 0 Å². The molecule has 0 fully saturated rings. The lowest BCUT2D eigenvalue weighted by molar-refractivity contribution is 0.319. The zero-order valence-corrected chi connectivity index (χ0v) is 12.6. The number of nitrogens with two attached hydrogens (primary N) is 1. The van der Waals surface area contributed by atoms with Gasteiger partial charge < -0.3 is 20.5 Å². The lowest BCUT2D eigenvalue weighted by Crippen LogP contribution is -2.00. The van der Waals surface area contributed by atoms with Gasteiger partial charge in [0.2, 0.25) is 0 Å². The van der Waals surface area contributed by atoms with Crippen molar-refractivity contribution in [1.29, 1.82) is 0 Å². The molecule has 0 saturated carbocycles. The van der Waals surface area contributed by atoms with Crippen molar-refractivity contribution < 1.29 is 9.47 Å². The van der Waals surface area contributed by atoms with E-state index in [-0.39, 0.29) is 0 Å². The molecule has 0 radical (unpaired) electrons. The Balaban J connectivity index is 2.13. The summed E-state index contributed by atoms with van der Waals surface area (Å²) < 4.78 is 11.1. The summed E-state index contributed by atoms with van der Waals surface area (Å²) in [5.41, 5.74) is 8.46. The molecule has 0 saturated heterocycles. The third kappa shape index (κ3) is 4.31. The molecule has 4 nitrogen and oxygen atoms in total. The van der Waals surface area contributed by atoms with Crippen molar-refractivity contribution in [3.8, 4) is 11.5 Å². The number of nitrogen functional groups attached to an aromatic ring is 1. The number of ether oxygens (including phenoxy) is 2. The fourth-order valence-electron chi connectivity index (χ4n) is 1.95. The summed E-state index contributed by atoms with van der Waals surface area (Å²) in [6.07, 6.45) is 0.952. The van der Waals surface area contributed by atoms with Crippen molar-refractivity contribution in [2.24, 2.45) is 0 Å². The lowest BCUT2D eigenvalue weighted by atomic mass is 10.2. The number of hydrogen-bond acceptors (Lipinski definition) is 4. The fraction of sp³-hybridized carbons (Fsp3) is 0.294. The predicted molar refractivity (Wildman–Crippen MR) is 87.5 cm³/mol. The Kier molecular flexibility index (Phi) is 5.32. The van der Waals surface area contributed by atoms with Crippen LogP contribution in [0.4, 0.5) is 17.1 Å². The molecule has 4 heteroatoms. The van der Waals surface area contributed by atoms with Crippen molar-refractivity contribution in [3.63, 3.8) is 0 Å². The largest absolute Gasteiger partial charge is 0.494 e. The van der Waals surface area contributed by atoms with Gasteiger partial charge in [0.1, 0.15) is 11.5 Å². The third-order valence-electron chi connectivity index (χ3n) is 2.91. The molecule has 21 heavy (non-hydrogen) atoms. The summed E-state index contributed by atoms with van der Waals surface area (Å²) >= 11 is 0. The standard InChI is InChI=1S/C17H22N2O2/c1-3-10-21-17-12-14(8-9-16(17)18)19-13-6-5-7-15(11-13)20-4-2/h5-9,11-12,19H,3-4,10,18H2,1-2H3. The van der Waals surface area contributed by atoms with Crippen LogP contribution < -0.4 is 20.5 Å². The van der Waals surface area contributed by atoms with Crippen LogP contribution in [-0.4, -0.2) is 13.2 Å². The van der Waals surface area contributed by atoms with Crippen LogP contribution in [0.15, 0.2) is 42.5 Å². The Morgan fingerprint density at radius 1 is 1.00 bits per heavy atom. The molecule has 0 aliphatic carbocycles. The molecule has 2 aromatic carbocycles. The molecule has 0 aliphatic rings. The average molecular weight is 286 g/mol. The van der Waals surface area contributed by atoms with Gasteiger partial charge in [0.05, 0.1) is 18.9 Å². The second kappa shape index (κ2) is 7.43. The van der Waals surface area contributed by atoms with Crippen LogP contribution in [0.25, 0.3) is 0 Å². The number of rotatable bonds is 7. The molecular formula is C17H22N2O2. The summed E-state index contributed by atoms with van der Waals surface area (Å²) in [6.45, 7) is 5.35. The highest BCUT2D eigenvalue weighted by molar-refractivity contribution is 5.67. The van der Waals surface area contributed by atoms with Crippen LogP contribution in [-0.2, 0) is 0 Å². The summed E-state index contributed by atoms with van der Waals surface area (Å²) in [5, 5.41) is 3.33. The van der Waals surface area contributed by atoms with E-state index >= 15 is 0 Å². The Labute approximate surface area is 125 Å². The molecule has 0 spiro atoms. The van der Waals surface area contributed by atoms with Gasteiger partial charge in [-0.25, -0.2) is 0 Å². The first kappa shape index (κ1) is 15.0. The first-order chi connectivity index (χ1) is 10.2. The van der Waals surface area contributed by atoms with Crippen molar-refractivity contribution in [2.75, 3.05) is 24.3 Å². The van der Waals surface area contributed by atoms with E-state index in [1.165, 1.54) is 0 Å². The van der Waals surface area contributed by atoms with E-state index in [0.717, 1.165) is 23.5 Å². The van der Waals surface area contributed by atoms with Crippen LogP contribution in [0.2, 0.25) is 0 Å². The zero-order valence-electron chi connectivity index (χ0n) is 12.6. The van der Waals surface area contributed by atoms with E-state index < -0.39 is 0 Å². The highest BCUT2D eigenvalue weighted by Gasteiger charge is 2.03. The second-order valence-corrected chi connectivity index (χ2v) is 4.69. The fourth-order valence-corrected chi connectivity index (χ4v) is 1.95. The van der Waals surface area contributed by atoms with Crippen molar-refractivity contribution >= 4 is 17.1 Å². The topological polar surface area (TPSA) is 56.5 Å². The quantitative estimate of drug-likeness (QED) is 0.749. The van der Waals surface area contributed by atoms with Gasteiger partial charge in [-0.1, -0.05) is 13.0 Å². The van der Waals surface area contributed by atoms with Crippen LogP contribution >= 0.6 is 0 Å². The molecule has 0 atom stereocenters. The van der Waals surface area contributed by atoms with Crippen LogP contribution in [0.1, 0.15) is 20.3 Å². The van der Waals surface area contributed by atoms with Crippen LogP contribution in [0.5, 0.6) is 11.5 Å². The van der Waals surface area contributed by atoms with Gasteiger partial charge in [0, 0.05) is 23.5 Å². The molecule has 3 N–H and O–H groups in total. The van der Waals surface area contributed by atoms with E-state index in [1.807, 2.05) is 49.4 Å². The summed E-state index contributed by atoms with van der Waals surface area (Å²) in [6, 6.07) is 13.5. The number of benzene rings is 2. The minimum Gasteiger partial charge on any atom is -0.494 e. The smallest absolute Gasteiger partial charge is 0.144 e. The average Bonchev–Trinajstić information content (AvgIpc) is 2.48. The maximum Gasteiger partial charge on any atom is 0.144 e. The van der Waals surface area contributed by atoms with Gasteiger partial charge in [-0.15, -0.1) is 0 Å². The molecule has 0 bridgehead atoms. The highest BCUT2D eigenvalue weighted by atomic mass is 16.5. The van der Waals surface area contributed by atoms with Gasteiger partial charge in [-0.05, 0) is 37.6 Å². The lowest BCUT2D eigenvalue weighted by Gasteiger charge is -2.12. The second-order valence-electron chi connectivity index (χ2n) is 4.69. The van der Waals surface area contributed by atoms with E-state index in [1.54, 1.807) is 0 Å². The monoisotopic (exact) mass is 286 g/mol. The molecule has 0 amide bonds. The molecule has 0 aromatic heterocycles. The zero-order chi connectivity index (χ0) is 15.1. The van der Waals surface area contributed by atoms with Gasteiger partial charge in [0.15, 0.2) is 0 Å². The van der Waals surface area contributed by atoms with E-state index in [4.69, 9.17) is 15.2 Å². The third-order valence-corrected chi connectivity index (χ3v) is 2.91. The Bertz CT molecular complexity index is 585. The summed E-state index contributed by atoms with van der Waals surface area (Å²) in [5.74, 6) is 1.56. The molecule has 2 rings (SSSR count). The van der Waals surface area contributed by atoms with Gasteiger partial charge in [-0.3, -0.25) is 0 Å². The van der Waals surface area contributed by atoms with Gasteiger partial charge >= 0.3 is 0 Å². The Morgan fingerprint density at radius 2 is 1.81 bits per heavy atom. The van der Waals surface area contributed by atoms with Gasteiger partial charge in [-0.2, -0.15) is 0 Å². The first-order valence-corrected chi connectivity index (χ1v) is 7.25. The van der Waals surface area contributed by atoms with E-state index in [2.05, 4.69) is 12.2 Å². The van der Waals surface area contributed by atoms with E-state index in [0.29, 0.717) is 24.7 Å². The highest BCUT2D eigenvalue weighted by Crippen LogP contribution is 2.28. The number of nitrogens with one attached hydrogen (secondary N) is 1. The number of anilines is 3. The van der Waals surface area contributed by atoms with E-state index in [9.17, 15) is 0 Å². The maximum absolute atomic E-state index is 5.91. The first-order valence-electron chi connectivity index (χ1n) is 7.25. The molecule has 0 heterocycles.